The standard InChI is InChI=1S/C12H16ClNO2/c1-8(7-14-2)12(15)10-6-9(13)4-5-11(10)16-3/h4-6,8,14H,7H2,1-3H3. The molecule has 1 atom stereocenters. The minimum Gasteiger partial charge on any atom is -0.496 e. The number of methoxy groups -OCH3 is 1. The number of hydrogen-bond donors (Lipinski definition) is 1. The molecule has 0 spiro atoms. The van der Waals surface area contributed by atoms with E-state index in [2.05, 4.69) is 5.32 Å². The van der Waals surface area contributed by atoms with Gasteiger partial charge in [0.25, 0.3) is 0 Å². The molecular formula is C12H16ClNO2. The zero-order valence-electron chi connectivity index (χ0n) is 9.71. The number of nitrogens with one attached hydrogen (secondary N) is 1. The van der Waals surface area contributed by atoms with Crippen LogP contribution in [0, 0.1) is 5.92 Å². The van der Waals surface area contributed by atoms with Crippen molar-refractivity contribution in [2.75, 3.05) is 20.7 Å². The van der Waals surface area contributed by atoms with Crippen LogP contribution in [0.15, 0.2) is 18.2 Å². The summed E-state index contributed by atoms with van der Waals surface area (Å²) in [5.74, 6) is 0.503. The van der Waals surface area contributed by atoms with Gasteiger partial charge >= 0.3 is 0 Å². The lowest BCUT2D eigenvalue weighted by Gasteiger charge is -2.12. The van der Waals surface area contributed by atoms with Gasteiger partial charge in [-0.2, -0.15) is 0 Å². The van der Waals surface area contributed by atoms with Gasteiger partial charge in [-0.1, -0.05) is 18.5 Å². The molecule has 1 rings (SSSR count). The highest BCUT2D eigenvalue weighted by Gasteiger charge is 2.18. The number of halogens is 1. The Morgan fingerprint density at radius 1 is 1.56 bits per heavy atom. The SMILES string of the molecule is CNCC(C)C(=O)c1cc(Cl)ccc1OC. The lowest BCUT2D eigenvalue weighted by Crippen LogP contribution is -2.24. The average molecular weight is 242 g/mol. The minimum atomic E-state index is -0.0997. The second-order valence-corrected chi connectivity index (χ2v) is 4.10. The van der Waals surface area contributed by atoms with Crippen LogP contribution >= 0.6 is 11.6 Å². The average Bonchev–Trinajstić information content (AvgIpc) is 2.28. The second-order valence-electron chi connectivity index (χ2n) is 3.67. The Labute approximate surface area is 101 Å². The maximum absolute atomic E-state index is 12.1. The number of carbonyl (C=O) groups excluding carboxylic acids is 1. The summed E-state index contributed by atoms with van der Waals surface area (Å²) in [6, 6.07) is 5.07. The highest BCUT2D eigenvalue weighted by Crippen LogP contribution is 2.25. The van der Waals surface area contributed by atoms with E-state index in [1.165, 1.54) is 0 Å². The summed E-state index contributed by atoms with van der Waals surface area (Å²) >= 11 is 5.88. The van der Waals surface area contributed by atoms with Crippen molar-refractivity contribution in [3.05, 3.63) is 28.8 Å². The molecule has 0 aliphatic carbocycles. The first-order valence-corrected chi connectivity index (χ1v) is 5.50. The molecule has 88 valence electrons. The molecule has 1 aromatic rings. The molecule has 0 heterocycles. The molecule has 0 aromatic heterocycles. The van der Waals surface area contributed by atoms with Crippen LogP contribution in [0.4, 0.5) is 0 Å². The summed E-state index contributed by atoms with van der Waals surface area (Å²) in [5.41, 5.74) is 0.540. The highest BCUT2D eigenvalue weighted by molar-refractivity contribution is 6.31. The lowest BCUT2D eigenvalue weighted by atomic mass is 9.98. The minimum absolute atomic E-state index is 0.0358. The Morgan fingerprint density at radius 2 is 2.25 bits per heavy atom. The fourth-order valence-corrected chi connectivity index (χ4v) is 1.71. The Bertz CT molecular complexity index is 379. The maximum Gasteiger partial charge on any atom is 0.170 e. The van der Waals surface area contributed by atoms with Gasteiger partial charge in [0, 0.05) is 17.5 Å². The van der Waals surface area contributed by atoms with Gasteiger partial charge in [0.2, 0.25) is 0 Å². The van der Waals surface area contributed by atoms with Crippen molar-refractivity contribution in [3.63, 3.8) is 0 Å². The Balaban J connectivity index is 3.01. The Morgan fingerprint density at radius 3 is 2.81 bits per heavy atom. The van der Waals surface area contributed by atoms with Gasteiger partial charge in [0.05, 0.1) is 12.7 Å². The molecule has 0 amide bonds. The van der Waals surface area contributed by atoms with E-state index in [9.17, 15) is 4.79 Å². The molecule has 3 nitrogen and oxygen atoms in total. The van der Waals surface area contributed by atoms with Gasteiger partial charge in [-0.05, 0) is 25.2 Å². The van der Waals surface area contributed by atoms with Gasteiger partial charge in [0.15, 0.2) is 5.78 Å². The summed E-state index contributed by atoms with van der Waals surface area (Å²) in [7, 11) is 3.36. The van der Waals surface area contributed by atoms with Crippen LogP contribution in [0.5, 0.6) is 5.75 Å². The molecule has 0 fully saturated rings. The first kappa shape index (κ1) is 13.0. The largest absolute Gasteiger partial charge is 0.496 e. The van der Waals surface area contributed by atoms with Gasteiger partial charge in [-0.15, -0.1) is 0 Å². The van der Waals surface area contributed by atoms with Crippen molar-refractivity contribution in [3.8, 4) is 5.75 Å². The molecular weight excluding hydrogens is 226 g/mol. The molecule has 0 saturated heterocycles. The number of benzene rings is 1. The molecule has 0 radical (unpaired) electrons. The van der Waals surface area contributed by atoms with E-state index in [0.717, 1.165) is 0 Å². The molecule has 0 aliphatic heterocycles. The van der Waals surface area contributed by atoms with Gasteiger partial charge in [-0.25, -0.2) is 0 Å². The van der Waals surface area contributed by atoms with E-state index >= 15 is 0 Å². The van der Waals surface area contributed by atoms with Gasteiger partial charge in [0.1, 0.15) is 5.75 Å². The molecule has 0 bridgehead atoms. The normalized spacial score (nSPS) is 12.2. The van der Waals surface area contributed by atoms with E-state index in [1.807, 2.05) is 14.0 Å². The number of ketones is 1. The zero-order valence-corrected chi connectivity index (χ0v) is 10.5. The van der Waals surface area contributed by atoms with Crippen molar-refractivity contribution in [1.29, 1.82) is 0 Å². The van der Waals surface area contributed by atoms with Crippen LogP contribution in [0.2, 0.25) is 5.02 Å². The fourth-order valence-electron chi connectivity index (χ4n) is 1.54. The molecule has 1 unspecified atom stereocenters. The lowest BCUT2D eigenvalue weighted by molar-refractivity contribution is 0.0927. The predicted molar refractivity (Wildman–Crippen MR) is 65.4 cm³/mol. The van der Waals surface area contributed by atoms with Crippen molar-refractivity contribution in [2.45, 2.75) is 6.92 Å². The maximum atomic E-state index is 12.1. The third kappa shape index (κ3) is 2.97. The molecule has 0 aliphatic rings. The van der Waals surface area contributed by atoms with Crippen LogP contribution in [-0.2, 0) is 0 Å². The molecule has 1 aromatic carbocycles. The van der Waals surface area contributed by atoms with E-state index in [0.29, 0.717) is 22.9 Å². The zero-order chi connectivity index (χ0) is 12.1. The van der Waals surface area contributed by atoms with E-state index < -0.39 is 0 Å². The Kier molecular flexibility index (Phi) is 4.77. The van der Waals surface area contributed by atoms with E-state index in [4.69, 9.17) is 16.3 Å². The van der Waals surface area contributed by atoms with Gasteiger partial charge in [-0.3, -0.25) is 4.79 Å². The predicted octanol–water partition coefficient (Wildman–Crippen LogP) is 2.39. The topological polar surface area (TPSA) is 38.3 Å². The summed E-state index contributed by atoms with van der Waals surface area (Å²) in [4.78, 5) is 12.1. The van der Waals surface area contributed by atoms with Crippen LogP contribution < -0.4 is 10.1 Å². The van der Waals surface area contributed by atoms with Crippen molar-refractivity contribution in [1.82, 2.24) is 5.32 Å². The summed E-state index contributed by atoms with van der Waals surface area (Å²) in [6.45, 7) is 2.51. The third-order valence-corrected chi connectivity index (χ3v) is 2.62. The molecule has 4 heteroatoms. The highest BCUT2D eigenvalue weighted by atomic mass is 35.5. The number of rotatable bonds is 5. The summed E-state index contributed by atoms with van der Waals surface area (Å²) in [6.07, 6.45) is 0. The quantitative estimate of drug-likeness (QED) is 0.805. The van der Waals surface area contributed by atoms with Crippen molar-refractivity contribution >= 4 is 17.4 Å². The van der Waals surface area contributed by atoms with Crippen LogP contribution in [0.25, 0.3) is 0 Å². The van der Waals surface area contributed by atoms with E-state index in [1.54, 1.807) is 25.3 Å². The number of hydrogen-bond acceptors (Lipinski definition) is 3. The van der Waals surface area contributed by atoms with Crippen LogP contribution in [-0.4, -0.2) is 26.5 Å². The van der Waals surface area contributed by atoms with Crippen molar-refractivity contribution < 1.29 is 9.53 Å². The summed E-state index contributed by atoms with van der Waals surface area (Å²) in [5, 5.41) is 3.52. The monoisotopic (exact) mass is 241 g/mol. The van der Waals surface area contributed by atoms with Crippen LogP contribution in [0.1, 0.15) is 17.3 Å². The molecule has 1 N–H and O–H groups in total. The molecule has 16 heavy (non-hydrogen) atoms. The third-order valence-electron chi connectivity index (χ3n) is 2.38. The Hall–Kier alpha value is -1.06. The fraction of sp³-hybridized carbons (Fsp3) is 0.417. The number of carbonyl (C=O) groups is 1. The smallest absolute Gasteiger partial charge is 0.170 e. The van der Waals surface area contributed by atoms with Crippen molar-refractivity contribution in [2.24, 2.45) is 5.92 Å². The first-order valence-electron chi connectivity index (χ1n) is 5.12. The first-order chi connectivity index (χ1) is 7.60. The summed E-state index contributed by atoms with van der Waals surface area (Å²) < 4.78 is 5.15. The van der Waals surface area contributed by atoms with E-state index in [-0.39, 0.29) is 11.7 Å². The van der Waals surface area contributed by atoms with Crippen LogP contribution in [0.3, 0.4) is 0 Å². The van der Waals surface area contributed by atoms with Gasteiger partial charge < -0.3 is 10.1 Å². The number of ether oxygens (including phenoxy) is 1. The second kappa shape index (κ2) is 5.87. The number of Topliss-reactive ketones (excluding diaryl/α,β-unsaturated/α-hetero) is 1. The molecule has 0 saturated carbocycles.